The molecule has 0 aliphatic heterocycles. The fraction of sp³-hybridized carbons (Fsp3) is 1.00. The van der Waals surface area contributed by atoms with Crippen molar-refractivity contribution < 1.29 is 9.22 Å². The molecule has 0 spiro atoms. The summed E-state index contributed by atoms with van der Waals surface area (Å²) in [5, 5.41) is 3.35. The van der Waals surface area contributed by atoms with Gasteiger partial charge in [-0.3, -0.25) is 0 Å². The van der Waals surface area contributed by atoms with Gasteiger partial charge in [0.1, 0.15) is 0 Å². The van der Waals surface area contributed by atoms with E-state index in [2.05, 4.69) is 33.0 Å². The molecule has 0 radical (unpaired) electrons. The zero-order chi connectivity index (χ0) is 13.7. The second-order valence-corrected chi connectivity index (χ2v) is 12.1. The molecule has 0 atom stereocenters. The quantitative estimate of drug-likeness (QED) is 0.401. The first-order valence-electron chi connectivity index (χ1n) is 7.37. The van der Waals surface area contributed by atoms with Gasteiger partial charge in [0.15, 0.2) is 0 Å². The predicted octanol–water partition coefficient (Wildman–Crippen LogP) is 2.81. The molecule has 18 heavy (non-hydrogen) atoms. The summed E-state index contributed by atoms with van der Waals surface area (Å²) in [5.41, 5.74) is 0. The van der Waals surface area contributed by atoms with Gasteiger partial charge < -0.3 is 0 Å². The summed E-state index contributed by atoms with van der Waals surface area (Å²) in [6.07, 6.45) is 3.06. The average Bonchev–Trinajstić information content (AvgIpc) is 2.40. The van der Waals surface area contributed by atoms with Crippen LogP contribution < -0.4 is 5.32 Å². The first kappa shape index (κ1) is 18.6. The van der Waals surface area contributed by atoms with Crippen molar-refractivity contribution in [3.8, 4) is 0 Å². The summed E-state index contributed by atoms with van der Waals surface area (Å²) in [4.78, 5) is 0. The summed E-state index contributed by atoms with van der Waals surface area (Å²) < 4.78 is 19.1. The van der Waals surface area contributed by atoms with Gasteiger partial charge in [0, 0.05) is 0 Å². The summed E-state index contributed by atoms with van der Waals surface area (Å²) in [5.74, 6) is 0. The molecule has 0 amide bonds. The molecule has 4 nitrogen and oxygen atoms in total. The molecule has 0 fully saturated rings. The van der Waals surface area contributed by atoms with Crippen LogP contribution in [-0.4, -0.2) is 52.5 Å². The maximum absolute atomic E-state index is 6.06. The zero-order valence-corrected chi connectivity index (χ0v) is 15.4. The molecule has 1 N–H and O–H groups in total. The van der Waals surface area contributed by atoms with Crippen LogP contribution in [0.1, 0.15) is 47.0 Å². The molecule has 0 aromatic carbocycles. The van der Waals surface area contributed by atoms with Crippen molar-refractivity contribution in [2.45, 2.75) is 51.4 Å². The molecule has 0 rings (SSSR count). The summed E-state index contributed by atoms with van der Waals surface area (Å²) in [7, 11) is 0. The van der Waals surface area contributed by atoms with E-state index in [0.29, 0.717) is 0 Å². The fourth-order valence-electron chi connectivity index (χ4n) is 1.53. The summed E-state index contributed by atoms with van der Waals surface area (Å²) >= 11 is -3.28. The van der Waals surface area contributed by atoms with E-state index in [1.807, 2.05) is 0 Å². The topological polar surface area (TPSA) is 39.7 Å². The van der Waals surface area contributed by atoms with Crippen molar-refractivity contribution in [3.63, 3.8) is 0 Å². The molecule has 110 valence electrons. The van der Waals surface area contributed by atoms with Crippen LogP contribution in [0.3, 0.4) is 0 Å². The van der Waals surface area contributed by atoms with E-state index in [-0.39, 0.29) is 0 Å². The fourth-order valence-corrected chi connectivity index (χ4v) is 9.27. The first-order valence-corrected chi connectivity index (χ1v) is 12.9. The molecule has 0 bridgehead atoms. The molecule has 0 aliphatic rings. The Morgan fingerprint density at radius 1 is 0.778 bits per heavy atom. The van der Waals surface area contributed by atoms with Gasteiger partial charge >= 0.3 is 118 Å². The Labute approximate surface area is 118 Å². The van der Waals surface area contributed by atoms with Crippen LogP contribution in [0.25, 0.3) is 0 Å². The van der Waals surface area contributed by atoms with E-state index in [1.54, 1.807) is 0 Å². The third kappa shape index (κ3) is 8.69. The van der Waals surface area contributed by atoms with E-state index >= 15 is 0 Å². The molecular formula is C13H31NO3Sn. The Morgan fingerprint density at radius 2 is 1.22 bits per heavy atom. The molecule has 0 aromatic rings. The number of hydrogen-bond donors (Lipinski definition) is 1. The maximum atomic E-state index is 6.06. The third-order valence-electron chi connectivity index (χ3n) is 2.44. The Balaban J connectivity index is 4.41. The van der Waals surface area contributed by atoms with Crippen LogP contribution in [0.15, 0.2) is 0 Å². The van der Waals surface area contributed by atoms with Crippen molar-refractivity contribution in [1.82, 2.24) is 5.32 Å². The van der Waals surface area contributed by atoms with Crippen LogP contribution in [0, 0.1) is 0 Å². The number of nitrogens with one attached hydrogen (secondary N) is 1. The Kier molecular flexibility index (Phi) is 13.1. The standard InChI is InChI=1S/C4H10N.3C3H7O.Sn/c1-3-5-4-2;3*1-2-3-4;/h5H,1,3-4H2,2H3;3*2-3H2,1H3;/q;3*-1;+3. The monoisotopic (exact) mass is 369 g/mol. The number of rotatable bonds is 13. The molecule has 0 aliphatic carbocycles. The first-order chi connectivity index (χ1) is 8.74. The van der Waals surface area contributed by atoms with Gasteiger partial charge in [0.2, 0.25) is 0 Å². The van der Waals surface area contributed by atoms with Crippen molar-refractivity contribution in [1.29, 1.82) is 0 Å². The van der Waals surface area contributed by atoms with Crippen LogP contribution in [0.2, 0.25) is 4.44 Å². The molecule has 0 saturated carbocycles. The van der Waals surface area contributed by atoms with Gasteiger partial charge in [-0.15, -0.1) is 0 Å². The molecule has 0 aromatic heterocycles. The van der Waals surface area contributed by atoms with Crippen molar-refractivity contribution in [2.24, 2.45) is 0 Å². The van der Waals surface area contributed by atoms with E-state index in [0.717, 1.165) is 56.6 Å². The van der Waals surface area contributed by atoms with Crippen LogP contribution in [0.4, 0.5) is 0 Å². The van der Waals surface area contributed by atoms with Gasteiger partial charge in [0.25, 0.3) is 0 Å². The average molecular weight is 368 g/mol. The molecule has 0 saturated heterocycles. The predicted molar refractivity (Wildman–Crippen MR) is 77.8 cm³/mol. The summed E-state index contributed by atoms with van der Waals surface area (Å²) in [6, 6.07) is 0. The number of hydrogen-bond acceptors (Lipinski definition) is 4. The Bertz CT molecular complexity index is 160. The van der Waals surface area contributed by atoms with E-state index < -0.39 is 19.6 Å². The zero-order valence-electron chi connectivity index (χ0n) is 12.6. The van der Waals surface area contributed by atoms with Gasteiger partial charge in [-0.1, -0.05) is 0 Å². The SMILES string of the molecule is CCC[O][Sn]([CH2]CNCC)([O]CCC)[O]CCC. The van der Waals surface area contributed by atoms with Crippen LogP contribution >= 0.6 is 0 Å². The Morgan fingerprint density at radius 3 is 1.56 bits per heavy atom. The molecule has 0 unspecified atom stereocenters. The van der Waals surface area contributed by atoms with Crippen LogP contribution in [0.5, 0.6) is 0 Å². The third-order valence-corrected chi connectivity index (χ3v) is 10.4. The second kappa shape index (κ2) is 12.7. The van der Waals surface area contributed by atoms with Crippen molar-refractivity contribution >= 4 is 19.6 Å². The van der Waals surface area contributed by atoms with E-state index in [1.165, 1.54) is 0 Å². The van der Waals surface area contributed by atoms with Gasteiger partial charge in [-0.25, -0.2) is 0 Å². The minimum absolute atomic E-state index is 0.760. The molecular weight excluding hydrogens is 337 g/mol. The summed E-state index contributed by atoms with van der Waals surface area (Å²) in [6.45, 7) is 12.7. The van der Waals surface area contributed by atoms with Gasteiger partial charge in [-0.05, 0) is 0 Å². The minimum atomic E-state index is -3.28. The van der Waals surface area contributed by atoms with E-state index in [9.17, 15) is 0 Å². The van der Waals surface area contributed by atoms with Crippen molar-refractivity contribution in [2.75, 3.05) is 32.9 Å². The van der Waals surface area contributed by atoms with Crippen molar-refractivity contribution in [3.05, 3.63) is 0 Å². The van der Waals surface area contributed by atoms with Crippen LogP contribution in [-0.2, 0) is 9.22 Å². The van der Waals surface area contributed by atoms with Gasteiger partial charge in [-0.2, -0.15) is 0 Å². The Hall–Kier alpha value is 0.639. The second-order valence-electron chi connectivity index (χ2n) is 4.33. The molecule has 0 heterocycles. The molecule has 5 heteroatoms. The van der Waals surface area contributed by atoms with E-state index in [4.69, 9.17) is 9.22 Å². The normalized spacial score (nSPS) is 12.0. The van der Waals surface area contributed by atoms with Gasteiger partial charge in [0.05, 0.1) is 0 Å².